The molecule has 0 saturated heterocycles. The van der Waals surface area contributed by atoms with Gasteiger partial charge in [-0.2, -0.15) is 0 Å². The maximum atomic E-state index is 8.74. The predicted octanol–water partition coefficient (Wildman–Crippen LogP) is -1.93. The molecule has 0 rings (SSSR count). The van der Waals surface area contributed by atoms with Gasteiger partial charge in [0.15, 0.2) is 0 Å². The normalized spacial score (nSPS) is 4.00. The van der Waals surface area contributed by atoms with Gasteiger partial charge >= 0.3 is 70.0 Å². The summed E-state index contributed by atoms with van der Waals surface area (Å²) in [6.45, 7) is 0. The molecule has 0 spiro atoms. The van der Waals surface area contributed by atoms with Crippen LogP contribution >= 0.6 is 0 Å². The van der Waals surface area contributed by atoms with E-state index in [1.165, 1.54) is 0 Å². The summed E-state index contributed by atoms with van der Waals surface area (Å²) in [6.07, 6.45) is 0. The molecule has 0 unspecified atom stereocenters. The molecule has 32 valence electrons. The van der Waals surface area contributed by atoms with E-state index in [0.29, 0.717) is 0 Å². The second-order valence-electron chi connectivity index (χ2n) is 0.283. The fraction of sp³-hybridized carbons (Fsp3) is 0. The molecule has 0 aromatic carbocycles. The fourth-order valence-electron chi connectivity index (χ4n) is 0. The fourth-order valence-corrected chi connectivity index (χ4v) is 0. The summed E-state index contributed by atoms with van der Waals surface area (Å²) in [4.78, 5) is 14.3. The summed E-state index contributed by atoms with van der Waals surface area (Å²) in [5.41, 5.74) is 0. The summed E-state index contributed by atoms with van der Waals surface area (Å²) >= 11 is 0. The first-order valence-electron chi connectivity index (χ1n) is 0.651. The van der Waals surface area contributed by atoms with Crippen LogP contribution in [0.4, 0.5) is 0 Å². The molecule has 0 aliphatic carbocycles. The standard InChI is InChI=1S/Ca.Mg.H2O3Si.4H/c;;1-4(2)3;;;;/h;;1-2H;;;;/q2*+2;;4*-1. The van der Waals surface area contributed by atoms with Gasteiger partial charge in [0.2, 0.25) is 0 Å². The molecule has 0 radical (unpaired) electrons. The minimum absolute atomic E-state index is 0. The first kappa shape index (κ1) is 15.6. The van der Waals surface area contributed by atoms with Crippen molar-refractivity contribution < 1.29 is 19.8 Å². The Morgan fingerprint density at radius 3 is 1.50 bits per heavy atom. The molecule has 3 nitrogen and oxygen atoms in total. The molecule has 0 aromatic rings. The van der Waals surface area contributed by atoms with Crippen LogP contribution in [0.3, 0.4) is 0 Å². The van der Waals surface area contributed by atoms with Crippen molar-refractivity contribution in [2.45, 2.75) is 0 Å². The van der Waals surface area contributed by atoms with Crippen molar-refractivity contribution in [1.82, 2.24) is 0 Å². The van der Waals surface area contributed by atoms with Crippen LogP contribution in [0.15, 0.2) is 0 Å². The molecule has 0 atom stereocenters. The molecule has 0 heterocycles. The van der Waals surface area contributed by atoms with E-state index in [4.69, 9.17) is 14.1 Å². The molecular weight excluding hydrogens is 140 g/mol. The molecule has 0 aromatic heterocycles. The minimum Gasteiger partial charge on any atom is -1.00 e. The molecule has 0 fully saturated rings. The van der Waals surface area contributed by atoms with E-state index in [1.54, 1.807) is 0 Å². The second-order valence-corrected chi connectivity index (χ2v) is 0.848. The van der Waals surface area contributed by atoms with Gasteiger partial charge in [-0.15, -0.1) is 0 Å². The van der Waals surface area contributed by atoms with Crippen molar-refractivity contribution in [3.05, 3.63) is 0 Å². The Labute approximate surface area is 88.7 Å². The Hall–Kier alpha value is 1.64. The Kier molecular flexibility index (Phi) is 25.6. The van der Waals surface area contributed by atoms with Crippen LogP contribution in [0.5, 0.6) is 0 Å². The summed E-state index contributed by atoms with van der Waals surface area (Å²) in [7, 11) is -3.13. The maximum Gasteiger partial charge on any atom is 2.00 e. The van der Waals surface area contributed by atoms with Crippen LogP contribution in [0.1, 0.15) is 5.71 Å². The Bertz CT molecular complexity index is 43.5. The van der Waals surface area contributed by atoms with Gasteiger partial charge < -0.3 is 15.3 Å². The predicted molar refractivity (Wildman–Crippen MR) is 26.8 cm³/mol. The Morgan fingerprint density at radius 2 is 1.50 bits per heavy atom. The van der Waals surface area contributed by atoms with E-state index in [2.05, 4.69) is 0 Å². The van der Waals surface area contributed by atoms with Gasteiger partial charge in [0.05, 0.1) is 0 Å². The average molecular weight is 147 g/mol. The minimum atomic E-state index is -3.13. The Balaban J connectivity index is -0.00000000300. The molecule has 0 amide bonds. The van der Waals surface area contributed by atoms with E-state index >= 15 is 0 Å². The van der Waals surface area contributed by atoms with Gasteiger partial charge in [-0.25, -0.2) is 0 Å². The van der Waals surface area contributed by atoms with Gasteiger partial charge in [-0.05, 0) is 0 Å². The molecule has 0 saturated carbocycles. The van der Waals surface area contributed by atoms with Crippen LogP contribution in [-0.2, 0) is 4.46 Å². The molecule has 0 bridgehead atoms. The topological polar surface area (TPSA) is 57.5 Å². The zero-order chi connectivity index (χ0) is 3.58. The number of hydrogen-bond donors (Lipinski definition) is 2. The van der Waals surface area contributed by atoms with Crippen LogP contribution < -0.4 is 0 Å². The van der Waals surface area contributed by atoms with E-state index in [0.717, 1.165) is 0 Å². The van der Waals surface area contributed by atoms with E-state index in [1.807, 2.05) is 0 Å². The summed E-state index contributed by atoms with van der Waals surface area (Å²) in [5.74, 6) is 0. The zero-order valence-corrected chi connectivity index (χ0v) is 7.84. The SMILES string of the molecule is O=[Si](O)O.[Ca+2].[H-].[H-].[H-].[H-].[Mg+2]. The quantitative estimate of drug-likeness (QED) is 0.392. The van der Waals surface area contributed by atoms with Crippen LogP contribution in [-0.4, -0.2) is 79.6 Å². The van der Waals surface area contributed by atoms with E-state index < -0.39 is 9.17 Å². The monoisotopic (exact) mass is 146 g/mol. The van der Waals surface area contributed by atoms with Gasteiger partial charge in [-0.1, -0.05) is 0 Å². The third-order valence-electron chi connectivity index (χ3n) is 0. The number of rotatable bonds is 0. The summed E-state index contributed by atoms with van der Waals surface area (Å²) in [6, 6.07) is 0. The second kappa shape index (κ2) is 9.81. The van der Waals surface area contributed by atoms with Crippen LogP contribution in [0, 0.1) is 0 Å². The zero-order valence-electron chi connectivity index (χ0n) is 7.22. The van der Waals surface area contributed by atoms with Crippen molar-refractivity contribution in [1.29, 1.82) is 0 Å². The molecule has 2 N–H and O–H groups in total. The molecular formula is H6CaMgO3Si. The maximum absolute atomic E-state index is 8.74. The number of hydrogen-bond acceptors (Lipinski definition) is 1. The summed E-state index contributed by atoms with van der Waals surface area (Å²) < 4.78 is 8.74. The first-order valence-corrected chi connectivity index (χ1v) is 1.95. The third-order valence-corrected chi connectivity index (χ3v) is 0. The van der Waals surface area contributed by atoms with Gasteiger partial charge in [0, 0.05) is 0 Å². The van der Waals surface area contributed by atoms with Crippen molar-refractivity contribution >= 4 is 70.0 Å². The van der Waals surface area contributed by atoms with Gasteiger partial charge in [-0.3, -0.25) is 4.46 Å². The van der Waals surface area contributed by atoms with Crippen molar-refractivity contribution in [3.63, 3.8) is 0 Å². The average Bonchev–Trinajstić information content (AvgIpc) is 0.811. The third kappa shape index (κ3) is 45.1. The van der Waals surface area contributed by atoms with Crippen molar-refractivity contribution in [2.24, 2.45) is 0 Å². The largest absolute Gasteiger partial charge is 2.00 e. The molecule has 6 heteroatoms. The Morgan fingerprint density at radius 1 is 1.50 bits per heavy atom. The first-order chi connectivity index (χ1) is 1.73. The van der Waals surface area contributed by atoms with Gasteiger partial charge in [0.1, 0.15) is 0 Å². The van der Waals surface area contributed by atoms with Crippen molar-refractivity contribution in [3.8, 4) is 0 Å². The molecule has 6 heavy (non-hydrogen) atoms. The summed E-state index contributed by atoms with van der Waals surface area (Å²) in [5, 5.41) is 0. The van der Waals surface area contributed by atoms with Gasteiger partial charge in [0.25, 0.3) is 0 Å². The van der Waals surface area contributed by atoms with Crippen LogP contribution in [0.2, 0.25) is 0 Å². The van der Waals surface area contributed by atoms with E-state index in [9.17, 15) is 0 Å². The van der Waals surface area contributed by atoms with Crippen molar-refractivity contribution in [2.75, 3.05) is 0 Å². The smallest absolute Gasteiger partial charge is 1.00 e. The molecule has 0 aliphatic heterocycles. The van der Waals surface area contributed by atoms with Crippen LogP contribution in [0.25, 0.3) is 0 Å². The molecule has 0 aliphatic rings. The van der Waals surface area contributed by atoms with E-state index in [-0.39, 0.29) is 66.5 Å².